The summed E-state index contributed by atoms with van der Waals surface area (Å²) in [5.41, 5.74) is 1.10. The first-order valence-electron chi connectivity index (χ1n) is 11.3. The van der Waals surface area contributed by atoms with Crippen LogP contribution in [0.5, 0.6) is 11.5 Å². The fraction of sp³-hybridized carbons (Fsp3) is 0.200. The molecule has 1 atom stereocenters. The lowest BCUT2D eigenvalue weighted by atomic mass is 10.2. The molecule has 2 amide bonds. The topological polar surface area (TPSA) is 146 Å². The van der Waals surface area contributed by atoms with Gasteiger partial charge in [0, 0.05) is 30.6 Å². The van der Waals surface area contributed by atoms with Gasteiger partial charge in [-0.3, -0.25) is 19.5 Å². The fourth-order valence-corrected chi connectivity index (χ4v) is 3.53. The van der Waals surface area contributed by atoms with E-state index in [9.17, 15) is 14.4 Å². The van der Waals surface area contributed by atoms with Gasteiger partial charge in [-0.25, -0.2) is 14.8 Å². The Morgan fingerprint density at radius 3 is 2.59 bits per heavy atom. The summed E-state index contributed by atoms with van der Waals surface area (Å²) < 4.78 is 5.72. The van der Waals surface area contributed by atoms with E-state index in [0.29, 0.717) is 33.9 Å². The molecule has 3 heterocycles. The molecule has 4 rings (SSSR count). The molecule has 1 aliphatic heterocycles. The molecule has 1 aliphatic rings. The van der Waals surface area contributed by atoms with Gasteiger partial charge in [0.25, 0.3) is 5.91 Å². The first kappa shape index (κ1) is 25.6. The zero-order valence-corrected chi connectivity index (χ0v) is 20.5. The number of nitrogens with one attached hydrogen (secondary N) is 2. The number of aromatic nitrogens is 2. The summed E-state index contributed by atoms with van der Waals surface area (Å²) in [6.07, 6.45) is 3.10. The molecule has 190 valence electrons. The third-order valence-corrected chi connectivity index (χ3v) is 5.53. The van der Waals surface area contributed by atoms with Gasteiger partial charge in [-0.2, -0.15) is 0 Å². The first-order valence-corrected chi connectivity index (χ1v) is 11.7. The van der Waals surface area contributed by atoms with Crippen molar-refractivity contribution in [2.24, 2.45) is 4.99 Å². The Bertz CT molecular complexity index is 1330. The summed E-state index contributed by atoms with van der Waals surface area (Å²) in [6, 6.07) is 12.3. The highest BCUT2D eigenvalue weighted by atomic mass is 35.5. The van der Waals surface area contributed by atoms with Gasteiger partial charge in [-0.15, -0.1) is 0 Å². The van der Waals surface area contributed by atoms with Crippen molar-refractivity contribution in [1.82, 2.24) is 20.2 Å². The third-order valence-electron chi connectivity index (χ3n) is 5.31. The zero-order valence-electron chi connectivity index (χ0n) is 19.7. The smallest absolute Gasteiger partial charge is 0.354 e. The number of benzene rings is 1. The molecule has 0 radical (unpaired) electrons. The number of aliphatic imine (C=N–C) groups is 1. The minimum Gasteiger partial charge on any atom is -0.477 e. The summed E-state index contributed by atoms with van der Waals surface area (Å²) >= 11 is 5.93. The predicted octanol–water partition coefficient (Wildman–Crippen LogP) is 3.33. The number of carbonyl (C=O) groups excluding carboxylic acids is 2. The molecule has 0 bridgehead atoms. The van der Waals surface area contributed by atoms with Gasteiger partial charge in [-0.05, 0) is 42.5 Å². The first-order chi connectivity index (χ1) is 17.8. The van der Waals surface area contributed by atoms with Crippen LogP contribution >= 0.6 is 11.6 Å². The van der Waals surface area contributed by atoms with Gasteiger partial charge in [0.15, 0.2) is 5.69 Å². The molecule has 11 nitrogen and oxygen atoms in total. The SMILES string of the molecule is CCC(=O)NC1CN=C(Nc2ccc(Oc3ccnc(C(=O)O)c3)cc2)N(Cc2ccc(Cl)cn2)C1=O. The van der Waals surface area contributed by atoms with Crippen LogP contribution in [0.2, 0.25) is 5.02 Å². The Balaban J connectivity index is 1.50. The van der Waals surface area contributed by atoms with E-state index in [1.54, 1.807) is 49.4 Å². The molecule has 1 unspecified atom stereocenters. The van der Waals surface area contributed by atoms with Crippen molar-refractivity contribution in [2.45, 2.75) is 25.9 Å². The van der Waals surface area contributed by atoms with Crippen LogP contribution in [0, 0.1) is 0 Å². The van der Waals surface area contributed by atoms with Gasteiger partial charge >= 0.3 is 5.97 Å². The normalized spacial score (nSPS) is 15.1. The molecule has 0 saturated carbocycles. The molecule has 37 heavy (non-hydrogen) atoms. The van der Waals surface area contributed by atoms with Crippen LogP contribution in [0.1, 0.15) is 29.5 Å². The molecular formula is C25H23ClN6O5. The third kappa shape index (κ3) is 6.58. The molecule has 0 aliphatic carbocycles. The number of guanidine groups is 1. The van der Waals surface area contributed by atoms with E-state index in [1.807, 2.05) is 0 Å². The number of aromatic carboxylic acids is 1. The Hall–Kier alpha value is -4.51. The number of halogens is 1. The lowest BCUT2D eigenvalue weighted by molar-refractivity contribution is -0.134. The maximum Gasteiger partial charge on any atom is 0.354 e. The van der Waals surface area contributed by atoms with E-state index in [2.05, 4.69) is 25.6 Å². The highest BCUT2D eigenvalue weighted by Crippen LogP contribution is 2.24. The van der Waals surface area contributed by atoms with Crippen LogP contribution in [-0.4, -0.2) is 56.3 Å². The number of carboxylic acids is 1. The maximum atomic E-state index is 13.3. The minimum absolute atomic E-state index is 0.0899. The van der Waals surface area contributed by atoms with Gasteiger partial charge in [0.2, 0.25) is 11.9 Å². The monoisotopic (exact) mass is 522 g/mol. The summed E-state index contributed by atoms with van der Waals surface area (Å²) in [4.78, 5) is 50.2. The predicted molar refractivity (Wildman–Crippen MR) is 136 cm³/mol. The van der Waals surface area contributed by atoms with Crippen molar-refractivity contribution < 1.29 is 24.2 Å². The van der Waals surface area contributed by atoms with E-state index >= 15 is 0 Å². The Morgan fingerprint density at radius 1 is 1.14 bits per heavy atom. The highest BCUT2D eigenvalue weighted by Gasteiger charge is 2.33. The number of rotatable bonds is 8. The fourth-order valence-electron chi connectivity index (χ4n) is 3.42. The lowest BCUT2D eigenvalue weighted by Gasteiger charge is -2.32. The summed E-state index contributed by atoms with van der Waals surface area (Å²) in [5, 5.41) is 15.4. The Labute approximate surface area is 217 Å². The zero-order chi connectivity index (χ0) is 26.4. The molecule has 3 N–H and O–H groups in total. The Morgan fingerprint density at radius 2 is 1.92 bits per heavy atom. The number of amides is 2. The summed E-state index contributed by atoms with van der Waals surface area (Å²) in [5.74, 6) is -0.602. The van der Waals surface area contributed by atoms with Crippen LogP contribution in [0.3, 0.4) is 0 Å². The number of ether oxygens (including phenoxy) is 1. The summed E-state index contributed by atoms with van der Waals surface area (Å²) in [6.45, 7) is 1.92. The van der Waals surface area contributed by atoms with E-state index in [4.69, 9.17) is 21.4 Å². The second-order valence-corrected chi connectivity index (χ2v) is 8.40. The van der Waals surface area contributed by atoms with E-state index in [0.717, 1.165) is 0 Å². The van der Waals surface area contributed by atoms with Gasteiger partial charge in [-0.1, -0.05) is 18.5 Å². The molecule has 0 spiro atoms. The average molecular weight is 523 g/mol. The van der Waals surface area contributed by atoms with Crippen molar-refractivity contribution in [3.63, 3.8) is 0 Å². The van der Waals surface area contributed by atoms with E-state index in [1.165, 1.54) is 23.4 Å². The van der Waals surface area contributed by atoms with Crippen molar-refractivity contribution in [3.8, 4) is 11.5 Å². The molecule has 0 saturated heterocycles. The number of nitrogens with zero attached hydrogens (tertiary/aromatic N) is 4. The maximum absolute atomic E-state index is 13.3. The highest BCUT2D eigenvalue weighted by molar-refractivity contribution is 6.30. The van der Waals surface area contributed by atoms with E-state index < -0.39 is 12.0 Å². The second kappa shape index (κ2) is 11.5. The summed E-state index contributed by atoms with van der Waals surface area (Å²) in [7, 11) is 0. The van der Waals surface area contributed by atoms with Crippen molar-refractivity contribution in [3.05, 3.63) is 77.3 Å². The Kier molecular flexibility index (Phi) is 7.94. The van der Waals surface area contributed by atoms with Gasteiger partial charge in [0.05, 0.1) is 23.8 Å². The standard InChI is InChI=1S/C25H23ClN6O5/c1-2-22(33)31-21-13-29-25(32(23(21)34)14-17-4-3-15(26)12-28-17)30-16-5-7-18(8-6-16)37-19-9-10-27-20(11-19)24(35)36/h3-12,21H,2,13-14H2,1H3,(H,29,30)(H,31,33)(H,35,36). The number of hydrogen-bond acceptors (Lipinski definition) is 8. The van der Waals surface area contributed by atoms with Crippen molar-refractivity contribution in [2.75, 3.05) is 11.9 Å². The number of carboxylic acid groups (broad SMARTS) is 1. The minimum atomic E-state index is -1.15. The number of pyridine rings is 2. The van der Waals surface area contributed by atoms with Gasteiger partial charge in [0.1, 0.15) is 17.5 Å². The molecular weight excluding hydrogens is 500 g/mol. The van der Waals surface area contributed by atoms with Crippen LogP contribution in [0.15, 0.2) is 65.9 Å². The number of anilines is 1. The average Bonchev–Trinajstić information content (AvgIpc) is 2.90. The van der Waals surface area contributed by atoms with Gasteiger partial charge < -0.3 is 20.5 Å². The van der Waals surface area contributed by atoms with Crippen molar-refractivity contribution >= 4 is 41.0 Å². The second-order valence-electron chi connectivity index (χ2n) is 7.96. The molecule has 3 aromatic rings. The van der Waals surface area contributed by atoms with Crippen LogP contribution in [-0.2, 0) is 16.1 Å². The molecule has 0 fully saturated rings. The number of carbonyl (C=O) groups is 3. The molecule has 2 aromatic heterocycles. The van der Waals surface area contributed by atoms with Crippen molar-refractivity contribution in [1.29, 1.82) is 0 Å². The lowest BCUT2D eigenvalue weighted by Crippen LogP contribution is -2.56. The van der Waals surface area contributed by atoms with Crippen LogP contribution < -0.4 is 15.4 Å². The molecule has 12 heteroatoms. The number of hydrogen-bond donors (Lipinski definition) is 3. The van der Waals surface area contributed by atoms with Crippen LogP contribution in [0.25, 0.3) is 0 Å². The molecule has 1 aromatic carbocycles. The van der Waals surface area contributed by atoms with Crippen LogP contribution in [0.4, 0.5) is 5.69 Å². The quantitative estimate of drug-likeness (QED) is 0.408. The van der Waals surface area contributed by atoms with E-state index in [-0.39, 0.29) is 37.0 Å². The largest absolute Gasteiger partial charge is 0.477 e.